The van der Waals surface area contributed by atoms with Crippen molar-refractivity contribution in [3.63, 3.8) is 0 Å². The maximum atomic E-state index is 5.47. The molecule has 1 saturated carbocycles. The minimum absolute atomic E-state index is 0.273. The molecule has 0 radical (unpaired) electrons. The Morgan fingerprint density at radius 1 is 1.24 bits per heavy atom. The Labute approximate surface area is 108 Å². The molecule has 1 atom stereocenters. The Hall–Kier alpha value is -0.480. The number of hydrogen-bond donors (Lipinski definition) is 1. The predicted octanol–water partition coefficient (Wildman–Crippen LogP) is 3.84. The summed E-state index contributed by atoms with van der Waals surface area (Å²) in [6, 6.07) is 0.273. The van der Waals surface area contributed by atoms with Gasteiger partial charge in [-0.3, -0.25) is 0 Å². The second-order valence-corrected chi connectivity index (χ2v) is 6.62. The molecule has 1 fully saturated rings. The first-order chi connectivity index (χ1) is 7.97. The largest absolute Gasteiger partial charge is 0.303 e. The van der Waals surface area contributed by atoms with Gasteiger partial charge in [0.05, 0.1) is 6.04 Å². The number of hydrogen-bond acceptors (Lipinski definition) is 1. The molecule has 0 aromatic rings. The third kappa shape index (κ3) is 4.72. The van der Waals surface area contributed by atoms with Crippen LogP contribution in [0.2, 0.25) is 0 Å². The Bertz CT molecular complexity index is 248. The topological polar surface area (TPSA) is 12.0 Å². The van der Waals surface area contributed by atoms with Gasteiger partial charge < -0.3 is 5.32 Å². The van der Waals surface area contributed by atoms with Crippen molar-refractivity contribution in [1.82, 2.24) is 5.32 Å². The minimum atomic E-state index is 0.273. The lowest BCUT2D eigenvalue weighted by Gasteiger charge is -2.37. The molecule has 1 aliphatic carbocycles. The predicted molar refractivity (Wildman–Crippen MR) is 75.8 cm³/mol. The van der Waals surface area contributed by atoms with Crippen molar-refractivity contribution in [2.45, 2.75) is 65.8 Å². The van der Waals surface area contributed by atoms with Crippen molar-refractivity contribution in [2.24, 2.45) is 17.3 Å². The van der Waals surface area contributed by atoms with Crippen LogP contribution in [-0.4, -0.2) is 12.6 Å². The third-order valence-electron chi connectivity index (χ3n) is 4.33. The lowest BCUT2D eigenvalue weighted by molar-refractivity contribution is 0.148. The van der Waals surface area contributed by atoms with Crippen LogP contribution in [0.25, 0.3) is 0 Å². The fourth-order valence-electron chi connectivity index (χ4n) is 2.86. The highest BCUT2D eigenvalue weighted by atomic mass is 14.9. The van der Waals surface area contributed by atoms with Crippen LogP contribution < -0.4 is 5.32 Å². The first-order valence-electron chi connectivity index (χ1n) is 7.16. The van der Waals surface area contributed by atoms with Crippen molar-refractivity contribution in [2.75, 3.05) is 6.54 Å². The summed E-state index contributed by atoms with van der Waals surface area (Å²) in [6.07, 6.45) is 12.0. The Morgan fingerprint density at radius 2 is 1.82 bits per heavy atom. The molecular weight excluding hydrogens is 206 g/mol. The van der Waals surface area contributed by atoms with Crippen LogP contribution in [0.3, 0.4) is 0 Å². The molecule has 1 aliphatic rings. The van der Waals surface area contributed by atoms with Crippen molar-refractivity contribution in [3.05, 3.63) is 0 Å². The first kappa shape index (κ1) is 14.6. The summed E-state index contributed by atoms with van der Waals surface area (Å²) in [4.78, 5) is 0. The highest BCUT2D eigenvalue weighted by Gasteiger charge is 2.29. The summed E-state index contributed by atoms with van der Waals surface area (Å²) in [5.74, 6) is 4.57. The zero-order chi connectivity index (χ0) is 12.9. The second-order valence-electron chi connectivity index (χ2n) is 6.62. The Morgan fingerprint density at radius 3 is 2.24 bits per heavy atom. The number of rotatable bonds is 4. The van der Waals surface area contributed by atoms with Gasteiger partial charge in [0.2, 0.25) is 0 Å². The molecule has 0 aromatic heterocycles. The molecular formula is C16H29N. The molecule has 0 heterocycles. The van der Waals surface area contributed by atoms with Crippen molar-refractivity contribution in [1.29, 1.82) is 0 Å². The van der Waals surface area contributed by atoms with E-state index in [1.807, 2.05) is 0 Å². The van der Waals surface area contributed by atoms with E-state index in [-0.39, 0.29) is 6.04 Å². The van der Waals surface area contributed by atoms with Gasteiger partial charge >= 0.3 is 0 Å². The monoisotopic (exact) mass is 235 g/mol. The van der Waals surface area contributed by atoms with Crippen LogP contribution in [-0.2, 0) is 0 Å². The average molecular weight is 235 g/mol. The smallest absolute Gasteiger partial charge is 0.0684 e. The summed E-state index contributed by atoms with van der Waals surface area (Å²) in [7, 11) is 0. The summed E-state index contributed by atoms with van der Waals surface area (Å²) >= 11 is 0. The van der Waals surface area contributed by atoms with Gasteiger partial charge in [-0.05, 0) is 55.9 Å². The van der Waals surface area contributed by atoms with Gasteiger partial charge in [0.25, 0.3) is 0 Å². The normalized spacial score (nSPS) is 27.5. The van der Waals surface area contributed by atoms with E-state index in [1.165, 1.54) is 25.7 Å². The standard InChI is InChI=1S/C16H29N/c1-6-15(7-2)17-12-13-8-10-14(11-9-13)16(3,4)5/h1,13-15,17H,7-12H2,2-5H3. The van der Waals surface area contributed by atoms with E-state index in [0.29, 0.717) is 5.41 Å². The van der Waals surface area contributed by atoms with Gasteiger partial charge in [-0.15, -0.1) is 6.42 Å². The zero-order valence-electron chi connectivity index (χ0n) is 12.1. The molecule has 1 nitrogen and oxygen atoms in total. The molecule has 17 heavy (non-hydrogen) atoms. The lowest BCUT2D eigenvalue weighted by Crippen LogP contribution is -2.35. The fourth-order valence-corrected chi connectivity index (χ4v) is 2.86. The third-order valence-corrected chi connectivity index (χ3v) is 4.33. The van der Waals surface area contributed by atoms with E-state index in [4.69, 9.17) is 6.42 Å². The van der Waals surface area contributed by atoms with E-state index in [1.54, 1.807) is 0 Å². The van der Waals surface area contributed by atoms with E-state index in [2.05, 4.69) is 38.9 Å². The van der Waals surface area contributed by atoms with Crippen molar-refractivity contribution >= 4 is 0 Å². The van der Waals surface area contributed by atoms with Gasteiger partial charge in [0, 0.05) is 0 Å². The van der Waals surface area contributed by atoms with Crippen LogP contribution in [0.1, 0.15) is 59.8 Å². The molecule has 0 spiro atoms. The molecule has 1 unspecified atom stereocenters. The van der Waals surface area contributed by atoms with Crippen LogP contribution in [0, 0.1) is 29.6 Å². The van der Waals surface area contributed by atoms with Crippen LogP contribution in [0.5, 0.6) is 0 Å². The molecule has 0 saturated heterocycles. The van der Waals surface area contributed by atoms with Gasteiger partial charge in [0.1, 0.15) is 0 Å². The van der Waals surface area contributed by atoms with Crippen molar-refractivity contribution < 1.29 is 0 Å². The first-order valence-corrected chi connectivity index (χ1v) is 7.16. The Balaban J connectivity index is 2.26. The van der Waals surface area contributed by atoms with E-state index in [0.717, 1.165) is 24.8 Å². The Kier molecular flexibility index (Phi) is 5.53. The highest BCUT2D eigenvalue weighted by Crippen LogP contribution is 2.39. The molecule has 1 N–H and O–H groups in total. The second kappa shape index (κ2) is 6.45. The average Bonchev–Trinajstić information content (AvgIpc) is 2.30. The van der Waals surface area contributed by atoms with Crippen LogP contribution in [0.4, 0.5) is 0 Å². The SMILES string of the molecule is C#CC(CC)NCC1CCC(C(C)(C)C)CC1. The number of nitrogens with one attached hydrogen (secondary N) is 1. The summed E-state index contributed by atoms with van der Waals surface area (Å²) in [5.41, 5.74) is 0.489. The van der Waals surface area contributed by atoms with E-state index < -0.39 is 0 Å². The molecule has 0 bridgehead atoms. The van der Waals surface area contributed by atoms with Gasteiger partial charge in [0.15, 0.2) is 0 Å². The molecule has 0 aromatic carbocycles. The molecule has 98 valence electrons. The fraction of sp³-hybridized carbons (Fsp3) is 0.875. The van der Waals surface area contributed by atoms with Gasteiger partial charge in [-0.25, -0.2) is 0 Å². The minimum Gasteiger partial charge on any atom is -0.303 e. The quantitative estimate of drug-likeness (QED) is 0.730. The van der Waals surface area contributed by atoms with E-state index >= 15 is 0 Å². The molecule has 0 aliphatic heterocycles. The summed E-state index contributed by atoms with van der Waals surface area (Å²) in [6.45, 7) is 10.4. The van der Waals surface area contributed by atoms with Crippen LogP contribution in [0.15, 0.2) is 0 Å². The van der Waals surface area contributed by atoms with E-state index in [9.17, 15) is 0 Å². The molecule has 0 amide bonds. The zero-order valence-corrected chi connectivity index (χ0v) is 12.1. The van der Waals surface area contributed by atoms with Crippen molar-refractivity contribution in [3.8, 4) is 12.3 Å². The van der Waals surface area contributed by atoms with Gasteiger partial charge in [-0.2, -0.15) is 0 Å². The lowest BCUT2D eigenvalue weighted by atomic mass is 9.70. The van der Waals surface area contributed by atoms with Gasteiger partial charge in [-0.1, -0.05) is 33.6 Å². The highest BCUT2D eigenvalue weighted by molar-refractivity contribution is 4.98. The molecule has 1 heteroatoms. The number of terminal acetylenes is 1. The summed E-state index contributed by atoms with van der Waals surface area (Å²) in [5, 5.41) is 3.51. The maximum Gasteiger partial charge on any atom is 0.0684 e. The maximum absolute atomic E-state index is 5.47. The van der Waals surface area contributed by atoms with Crippen LogP contribution >= 0.6 is 0 Å². The summed E-state index contributed by atoms with van der Waals surface area (Å²) < 4.78 is 0. The molecule has 1 rings (SSSR count).